The van der Waals surface area contributed by atoms with Gasteiger partial charge in [0.1, 0.15) is 0 Å². The van der Waals surface area contributed by atoms with Crippen LogP contribution in [0.25, 0.3) is 0 Å². The van der Waals surface area contributed by atoms with Gasteiger partial charge in [0.2, 0.25) is 0 Å². The van der Waals surface area contributed by atoms with Crippen LogP contribution in [0, 0.1) is 0 Å². The standard InChI is InChI=1S/C16H21Cl2NO2/c1-19(11-12-2-3-13(17)10-15(12)18)14-4-6-16(7-5-14)20-8-9-21-16/h2-3,10,14H,4-9,11H2,1H3. The maximum absolute atomic E-state index is 6.26. The van der Waals surface area contributed by atoms with Gasteiger partial charge in [-0.15, -0.1) is 0 Å². The number of hydrogen-bond donors (Lipinski definition) is 0. The molecule has 0 atom stereocenters. The molecular formula is C16H21Cl2NO2. The Balaban J connectivity index is 1.57. The van der Waals surface area contributed by atoms with E-state index in [9.17, 15) is 0 Å². The van der Waals surface area contributed by atoms with Gasteiger partial charge in [0.05, 0.1) is 13.2 Å². The van der Waals surface area contributed by atoms with Crippen LogP contribution in [0.4, 0.5) is 0 Å². The Bertz CT molecular complexity index is 493. The fourth-order valence-electron chi connectivity index (χ4n) is 3.32. The molecule has 2 aliphatic rings. The molecule has 0 aromatic heterocycles. The fourth-order valence-corrected chi connectivity index (χ4v) is 3.78. The highest BCUT2D eigenvalue weighted by molar-refractivity contribution is 6.35. The number of benzene rings is 1. The molecule has 3 nitrogen and oxygen atoms in total. The highest BCUT2D eigenvalue weighted by Crippen LogP contribution is 2.37. The van der Waals surface area contributed by atoms with E-state index in [1.165, 1.54) is 0 Å². The summed E-state index contributed by atoms with van der Waals surface area (Å²) in [7, 11) is 2.16. The van der Waals surface area contributed by atoms with Crippen LogP contribution >= 0.6 is 23.2 Å². The lowest BCUT2D eigenvalue weighted by atomic mass is 9.89. The second kappa shape index (κ2) is 6.43. The molecule has 21 heavy (non-hydrogen) atoms. The third kappa shape index (κ3) is 3.54. The Morgan fingerprint density at radius 2 is 1.86 bits per heavy atom. The first-order valence-electron chi connectivity index (χ1n) is 7.50. The van der Waals surface area contributed by atoms with Crippen LogP contribution in [0.1, 0.15) is 31.2 Å². The van der Waals surface area contributed by atoms with Gasteiger partial charge in [-0.3, -0.25) is 4.90 Å². The Labute approximate surface area is 136 Å². The molecule has 0 bridgehead atoms. The van der Waals surface area contributed by atoms with Gasteiger partial charge in [0.15, 0.2) is 5.79 Å². The van der Waals surface area contributed by atoms with Crippen LogP contribution < -0.4 is 0 Å². The van der Waals surface area contributed by atoms with Crippen LogP contribution in [-0.4, -0.2) is 37.0 Å². The fraction of sp³-hybridized carbons (Fsp3) is 0.625. The van der Waals surface area contributed by atoms with E-state index in [2.05, 4.69) is 11.9 Å². The topological polar surface area (TPSA) is 21.7 Å². The maximum atomic E-state index is 6.26. The van der Waals surface area contributed by atoms with Gasteiger partial charge in [-0.2, -0.15) is 0 Å². The van der Waals surface area contributed by atoms with Crippen LogP contribution in [0.3, 0.4) is 0 Å². The van der Waals surface area contributed by atoms with Crippen molar-refractivity contribution in [2.75, 3.05) is 20.3 Å². The summed E-state index contributed by atoms with van der Waals surface area (Å²) in [6, 6.07) is 6.26. The number of rotatable bonds is 3. The van der Waals surface area contributed by atoms with Crippen molar-refractivity contribution in [1.82, 2.24) is 4.90 Å². The monoisotopic (exact) mass is 329 g/mol. The Morgan fingerprint density at radius 3 is 2.48 bits per heavy atom. The minimum atomic E-state index is -0.282. The summed E-state index contributed by atoms with van der Waals surface area (Å²) in [5.74, 6) is -0.282. The quantitative estimate of drug-likeness (QED) is 0.832. The van der Waals surface area contributed by atoms with Gasteiger partial charge in [-0.05, 0) is 37.6 Å². The van der Waals surface area contributed by atoms with Crippen molar-refractivity contribution >= 4 is 23.2 Å². The van der Waals surface area contributed by atoms with Crippen molar-refractivity contribution in [3.63, 3.8) is 0 Å². The zero-order valence-corrected chi connectivity index (χ0v) is 13.8. The van der Waals surface area contributed by atoms with E-state index in [1.54, 1.807) is 0 Å². The molecular weight excluding hydrogens is 309 g/mol. The van der Waals surface area contributed by atoms with E-state index in [0.717, 1.165) is 56.0 Å². The SMILES string of the molecule is CN(Cc1ccc(Cl)cc1Cl)C1CCC2(CC1)OCCO2. The van der Waals surface area contributed by atoms with Crippen molar-refractivity contribution < 1.29 is 9.47 Å². The van der Waals surface area contributed by atoms with Crippen molar-refractivity contribution in [1.29, 1.82) is 0 Å². The highest BCUT2D eigenvalue weighted by atomic mass is 35.5. The molecule has 0 radical (unpaired) electrons. The van der Waals surface area contributed by atoms with E-state index in [-0.39, 0.29) is 5.79 Å². The molecule has 0 N–H and O–H groups in total. The van der Waals surface area contributed by atoms with E-state index in [4.69, 9.17) is 32.7 Å². The number of hydrogen-bond acceptors (Lipinski definition) is 3. The molecule has 1 spiro atoms. The zero-order chi connectivity index (χ0) is 14.9. The van der Waals surface area contributed by atoms with Crippen molar-refractivity contribution in [3.05, 3.63) is 33.8 Å². The third-order valence-electron chi connectivity index (χ3n) is 4.59. The molecule has 5 heteroatoms. The van der Waals surface area contributed by atoms with Crippen molar-refractivity contribution in [3.8, 4) is 0 Å². The lowest BCUT2D eigenvalue weighted by Crippen LogP contribution is -2.42. The number of nitrogens with zero attached hydrogens (tertiary/aromatic N) is 1. The lowest BCUT2D eigenvalue weighted by Gasteiger charge is -2.39. The summed E-state index contributed by atoms with van der Waals surface area (Å²) >= 11 is 12.2. The Hall–Kier alpha value is -0.320. The zero-order valence-electron chi connectivity index (χ0n) is 12.3. The maximum Gasteiger partial charge on any atom is 0.168 e. The second-order valence-electron chi connectivity index (χ2n) is 5.99. The molecule has 3 rings (SSSR count). The van der Waals surface area contributed by atoms with Gasteiger partial charge in [-0.25, -0.2) is 0 Å². The van der Waals surface area contributed by atoms with Crippen LogP contribution in [-0.2, 0) is 16.0 Å². The van der Waals surface area contributed by atoms with Gasteiger partial charge in [-0.1, -0.05) is 29.3 Å². The molecule has 0 unspecified atom stereocenters. The van der Waals surface area contributed by atoms with Crippen LogP contribution in [0.15, 0.2) is 18.2 Å². The summed E-state index contributed by atoms with van der Waals surface area (Å²) in [5, 5.41) is 1.42. The van der Waals surface area contributed by atoms with Crippen molar-refractivity contribution in [2.24, 2.45) is 0 Å². The van der Waals surface area contributed by atoms with E-state index in [1.807, 2.05) is 18.2 Å². The summed E-state index contributed by atoms with van der Waals surface area (Å²) in [6.45, 7) is 2.32. The Kier molecular flexibility index (Phi) is 4.77. The number of halogens is 2. The molecule has 0 amide bonds. The average Bonchev–Trinajstić information content (AvgIpc) is 2.91. The van der Waals surface area contributed by atoms with Gasteiger partial charge in [0, 0.05) is 35.5 Å². The molecule has 1 heterocycles. The van der Waals surface area contributed by atoms with Crippen LogP contribution in [0.2, 0.25) is 10.0 Å². The molecule has 1 aliphatic heterocycles. The first kappa shape index (κ1) is 15.6. The molecule has 1 aromatic carbocycles. The van der Waals surface area contributed by atoms with Gasteiger partial charge in [0.25, 0.3) is 0 Å². The molecule has 1 saturated heterocycles. The largest absolute Gasteiger partial charge is 0.348 e. The smallest absolute Gasteiger partial charge is 0.168 e. The van der Waals surface area contributed by atoms with Gasteiger partial charge < -0.3 is 9.47 Å². The normalized spacial score (nSPS) is 22.3. The van der Waals surface area contributed by atoms with Crippen molar-refractivity contribution in [2.45, 2.75) is 44.1 Å². The molecule has 1 saturated carbocycles. The minimum Gasteiger partial charge on any atom is -0.348 e. The highest BCUT2D eigenvalue weighted by Gasteiger charge is 2.41. The summed E-state index contributed by atoms with van der Waals surface area (Å²) < 4.78 is 11.6. The van der Waals surface area contributed by atoms with E-state index < -0.39 is 0 Å². The molecule has 116 valence electrons. The predicted molar refractivity (Wildman–Crippen MR) is 84.8 cm³/mol. The first-order valence-corrected chi connectivity index (χ1v) is 8.26. The summed E-state index contributed by atoms with van der Waals surface area (Å²) in [5.41, 5.74) is 1.12. The Morgan fingerprint density at radius 1 is 1.19 bits per heavy atom. The average molecular weight is 330 g/mol. The third-order valence-corrected chi connectivity index (χ3v) is 5.18. The minimum absolute atomic E-state index is 0.282. The van der Waals surface area contributed by atoms with Crippen LogP contribution in [0.5, 0.6) is 0 Å². The van der Waals surface area contributed by atoms with E-state index >= 15 is 0 Å². The second-order valence-corrected chi connectivity index (χ2v) is 6.83. The molecule has 2 fully saturated rings. The summed E-state index contributed by atoms with van der Waals surface area (Å²) in [6.07, 6.45) is 4.16. The molecule has 1 aromatic rings. The van der Waals surface area contributed by atoms with E-state index in [0.29, 0.717) is 11.1 Å². The first-order chi connectivity index (χ1) is 10.1. The summed E-state index contributed by atoms with van der Waals surface area (Å²) in [4.78, 5) is 2.37. The number of ether oxygens (including phenoxy) is 2. The predicted octanol–water partition coefficient (Wildman–Crippen LogP) is 4.11. The molecule has 1 aliphatic carbocycles. The van der Waals surface area contributed by atoms with Gasteiger partial charge >= 0.3 is 0 Å². The lowest BCUT2D eigenvalue weighted by molar-refractivity contribution is -0.183.